The number of phenols is 1. The third-order valence-corrected chi connectivity index (χ3v) is 5.70. The number of phenolic OH excluding ortho intramolecular Hbond substituents is 1. The summed E-state index contributed by atoms with van der Waals surface area (Å²) in [4.78, 5) is 25.2. The average Bonchev–Trinajstić information content (AvgIpc) is 2.97. The van der Waals surface area contributed by atoms with Crippen molar-refractivity contribution in [2.75, 3.05) is 11.9 Å². The number of aromatic hydroxyl groups is 1. The van der Waals surface area contributed by atoms with Crippen molar-refractivity contribution >= 4 is 28.2 Å². The Balaban J connectivity index is 1.56. The van der Waals surface area contributed by atoms with Crippen molar-refractivity contribution in [2.45, 2.75) is 32.6 Å². The zero-order chi connectivity index (χ0) is 19.4. The minimum absolute atomic E-state index is 0.0161. The first-order chi connectivity index (χ1) is 13.0. The number of ether oxygens (including phenoxy) is 1. The number of esters is 1. The molecule has 0 saturated heterocycles. The highest BCUT2D eigenvalue weighted by atomic mass is 32.1. The van der Waals surface area contributed by atoms with Gasteiger partial charge < -0.3 is 15.2 Å². The standard InChI is InChI=1S/C20H20N2O4S/c1-12-2-7-15-16(10-21)20(27-17(15)8-12)22-18(24)11-26-19(25)9-13-3-5-14(23)6-4-13/h3-6,12,23H,2,7-9,11H2,1H3,(H,22,24)/t12-/m0/s1. The van der Waals surface area contributed by atoms with Crippen LogP contribution in [0.1, 0.15) is 34.9 Å². The van der Waals surface area contributed by atoms with E-state index < -0.39 is 18.5 Å². The molecule has 0 radical (unpaired) electrons. The lowest BCUT2D eigenvalue weighted by Crippen LogP contribution is -2.21. The molecule has 6 nitrogen and oxygen atoms in total. The molecule has 0 bridgehead atoms. The van der Waals surface area contributed by atoms with Crippen LogP contribution in [0, 0.1) is 17.2 Å². The number of rotatable bonds is 5. The Morgan fingerprint density at radius 2 is 2.11 bits per heavy atom. The maximum atomic E-state index is 12.1. The smallest absolute Gasteiger partial charge is 0.310 e. The largest absolute Gasteiger partial charge is 0.508 e. The molecule has 140 valence electrons. The van der Waals surface area contributed by atoms with E-state index in [0.717, 1.165) is 29.7 Å². The Morgan fingerprint density at radius 3 is 2.81 bits per heavy atom. The van der Waals surface area contributed by atoms with Crippen LogP contribution in [0.15, 0.2) is 24.3 Å². The van der Waals surface area contributed by atoms with Gasteiger partial charge in [-0.05, 0) is 48.4 Å². The van der Waals surface area contributed by atoms with E-state index in [1.54, 1.807) is 12.1 Å². The van der Waals surface area contributed by atoms with Crippen molar-refractivity contribution in [1.29, 1.82) is 5.26 Å². The van der Waals surface area contributed by atoms with Crippen LogP contribution >= 0.6 is 11.3 Å². The number of nitrogens with one attached hydrogen (secondary N) is 1. The molecular weight excluding hydrogens is 364 g/mol. The summed E-state index contributed by atoms with van der Waals surface area (Å²) < 4.78 is 5.01. The average molecular weight is 384 g/mol. The van der Waals surface area contributed by atoms with Crippen LogP contribution in [0.2, 0.25) is 0 Å². The Hall–Kier alpha value is -2.85. The lowest BCUT2D eigenvalue weighted by Gasteiger charge is -2.17. The van der Waals surface area contributed by atoms with Crippen LogP contribution in [0.4, 0.5) is 5.00 Å². The second kappa shape index (κ2) is 8.23. The number of amides is 1. The molecule has 27 heavy (non-hydrogen) atoms. The molecule has 3 rings (SSSR count). The molecule has 1 aromatic heterocycles. The molecule has 1 aromatic carbocycles. The third kappa shape index (κ3) is 4.66. The number of carbonyl (C=O) groups is 2. The molecule has 1 aliphatic carbocycles. The number of nitriles is 1. The highest BCUT2D eigenvalue weighted by molar-refractivity contribution is 7.16. The second-order valence-electron chi connectivity index (χ2n) is 6.72. The molecule has 0 spiro atoms. The van der Waals surface area contributed by atoms with Gasteiger partial charge in [0.2, 0.25) is 0 Å². The minimum Gasteiger partial charge on any atom is -0.508 e. The first-order valence-corrected chi connectivity index (χ1v) is 9.56. The van der Waals surface area contributed by atoms with Gasteiger partial charge in [-0.1, -0.05) is 19.1 Å². The van der Waals surface area contributed by atoms with Crippen molar-refractivity contribution in [2.24, 2.45) is 5.92 Å². The van der Waals surface area contributed by atoms with Crippen LogP contribution in [0.3, 0.4) is 0 Å². The number of anilines is 1. The molecule has 1 amide bonds. The predicted molar refractivity (Wildman–Crippen MR) is 102 cm³/mol. The monoisotopic (exact) mass is 384 g/mol. The molecule has 1 heterocycles. The summed E-state index contributed by atoms with van der Waals surface area (Å²) in [5.74, 6) is -0.298. The first-order valence-electron chi connectivity index (χ1n) is 8.74. The van der Waals surface area contributed by atoms with Crippen molar-refractivity contribution in [3.05, 3.63) is 45.8 Å². The highest BCUT2D eigenvalue weighted by Gasteiger charge is 2.24. The van der Waals surface area contributed by atoms with Crippen LogP contribution in [-0.4, -0.2) is 23.6 Å². The highest BCUT2D eigenvalue weighted by Crippen LogP contribution is 2.39. The summed E-state index contributed by atoms with van der Waals surface area (Å²) >= 11 is 1.44. The van der Waals surface area contributed by atoms with E-state index in [9.17, 15) is 20.0 Å². The molecule has 2 N–H and O–H groups in total. The van der Waals surface area contributed by atoms with Gasteiger partial charge in [0.1, 0.15) is 16.8 Å². The van der Waals surface area contributed by atoms with Gasteiger partial charge in [0.15, 0.2) is 6.61 Å². The van der Waals surface area contributed by atoms with E-state index >= 15 is 0 Å². The molecule has 0 fully saturated rings. The van der Waals surface area contributed by atoms with Gasteiger partial charge in [0.25, 0.3) is 5.91 Å². The van der Waals surface area contributed by atoms with Crippen LogP contribution in [0.25, 0.3) is 0 Å². The Bertz CT molecular complexity index is 896. The summed E-state index contributed by atoms with van der Waals surface area (Å²) in [5, 5.41) is 21.9. The lowest BCUT2D eigenvalue weighted by atomic mass is 9.89. The zero-order valence-corrected chi connectivity index (χ0v) is 15.8. The normalized spacial score (nSPS) is 15.5. The van der Waals surface area contributed by atoms with E-state index in [1.165, 1.54) is 23.5 Å². The number of nitrogens with zero attached hydrogens (tertiary/aromatic N) is 1. The maximum Gasteiger partial charge on any atom is 0.310 e. The molecule has 1 aliphatic rings. The van der Waals surface area contributed by atoms with E-state index in [2.05, 4.69) is 18.3 Å². The Labute approximate surface area is 161 Å². The Kier molecular flexibility index (Phi) is 5.77. The van der Waals surface area contributed by atoms with Gasteiger partial charge in [0, 0.05) is 4.88 Å². The quantitative estimate of drug-likeness (QED) is 0.772. The Morgan fingerprint density at radius 1 is 1.37 bits per heavy atom. The molecular formula is C20H20N2O4S. The molecule has 0 aliphatic heterocycles. The number of benzene rings is 1. The predicted octanol–water partition coefficient (Wildman–Crippen LogP) is 3.17. The fourth-order valence-electron chi connectivity index (χ4n) is 3.10. The van der Waals surface area contributed by atoms with Crippen molar-refractivity contribution < 1.29 is 19.4 Å². The molecule has 0 unspecified atom stereocenters. The fourth-order valence-corrected chi connectivity index (χ4v) is 4.47. The minimum atomic E-state index is -0.532. The van der Waals surface area contributed by atoms with Gasteiger partial charge in [-0.15, -0.1) is 11.3 Å². The molecule has 2 aromatic rings. The van der Waals surface area contributed by atoms with Crippen molar-refractivity contribution in [1.82, 2.24) is 0 Å². The van der Waals surface area contributed by atoms with Crippen molar-refractivity contribution in [3.8, 4) is 11.8 Å². The molecule has 7 heteroatoms. The van der Waals surface area contributed by atoms with Crippen LogP contribution < -0.4 is 5.32 Å². The van der Waals surface area contributed by atoms with E-state index in [0.29, 0.717) is 22.0 Å². The number of hydrogen-bond acceptors (Lipinski definition) is 6. The third-order valence-electron chi connectivity index (χ3n) is 4.53. The van der Waals surface area contributed by atoms with Crippen LogP contribution in [0.5, 0.6) is 5.75 Å². The molecule has 0 saturated carbocycles. The topological polar surface area (TPSA) is 99.4 Å². The van der Waals surface area contributed by atoms with Crippen LogP contribution in [-0.2, 0) is 33.6 Å². The van der Waals surface area contributed by atoms with Gasteiger partial charge in [-0.3, -0.25) is 9.59 Å². The van der Waals surface area contributed by atoms with E-state index in [-0.39, 0.29) is 12.2 Å². The van der Waals surface area contributed by atoms with Crippen molar-refractivity contribution in [3.63, 3.8) is 0 Å². The molecule has 1 atom stereocenters. The number of hydrogen-bond donors (Lipinski definition) is 2. The second-order valence-corrected chi connectivity index (χ2v) is 7.82. The summed E-state index contributed by atoms with van der Waals surface area (Å²) in [5.41, 5.74) is 2.26. The lowest BCUT2D eigenvalue weighted by molar-refractivity contribution is -0.146. The number of thiophene rings is 1. The number of carbonyl (C=O) groups excluding carboxylic acids is 2. The number of fused-ring (bicyclic) bond motifs is 1. The van der Waals surface area contributed by atoms with Gasteiger partial charge in [-0.2, -0.15) is 5.26 Å². The first kappa shape index (κ1) is 18.9. The van der Waals surface area contributed by atoms with Gasteiger partial charge in [0.05, 0.1) is 12.0 Å². The fraction of sp³-hybridized carbons (Fsp3) is 0.350. The SMILES string of the molecule is C[C@H]1CCc2c(sc(NC(=O)COC(=O)Cc3ccc(O)cc3)c2C#N)C1. The van der Waals surface area contributed by atoms with E-state index in [4.69, 9.17) is 4.74 Å². The summed E-state index contributed by atoms with van der Waals surface area (Å²) in [6.45, 7) is 1.78. The van der Waals surface area contributed by atoms with Gasteiger partial charge in [-0.25, -0.2) is 0 Å². The maximum absolute atomic E-state index is 12.1. The zero-order valence-electron chi connectivity index (χ0n) is 14.9. The summed E-state index contributed by atoms with van der Waals surface area (Å²) in [6, 6.07) is 8.40. The summed E-state index contributed by atoms with van der Waals surface area (Å²) in [7, 11) is 0. The van der Waals surface area contributed by atoms with Gasteiger partial charge >= 0.3 is 5.97 Å². The van der Waals surface area contributed by atoms with E-state index in [1.807, 2.05) is 0 Å². The summed E-state index contributed by atoms with van der Waals surface area (Å²) in [6.07, 6.45) is 2.84.